The van der Waals surface area contributed by atoms with E-state index in [4.69, 9.17) is 15.2 Å². The van der Waals surface area contributed by atoms with E-state index in [2.05, 4.69) is 0 Å². The van der Waals surface area contributed by atoms with E-state index in [1.165, 1.54) is 0 Å². The SMILES string of the molecule is COc1cccc(CCC(=O)N2Cc3ccccc3C[C@@H]2C(N)=O)c1OC. The van der Waals surface area contributed by atoms with Crippen molar-refractivity contribution < 1.29 is 19.1 Å². The van der Waals surface area contributed by atoms with E-state index >= 15 is 0 Å². The van der Waals surface area contributed by atoms with E-state index in [9.17, 15) is 9.59 Å². The normalized spacial score (nSPS) is 15.8. The summed E-state index contributed by atoms with van der Waals surface area (Å²) in [4.78, 5) is 26.4. The maximum Gasteiger partial charge on any atom is 0.240 e. The third-order valence-electron chi connectivity index (χ3n) is 4.99. The lowest BCUT2D eigenvalue weighted by molar-refractivity contribution is -0.140. The van der Waals surface area contributed by atoms with Crippen LogP contribution in [0.3, 0.4) is 0 Å². The predicted molar refractivity (Wildman–Crippen MR) is 102 cm³/mol. The molecule has 142 valence electrons. The van der Waals surface area contributed by atoms with E-state index in [1.807, 2.05) is 42.5 Å². The Bertz CT molecular complexity index is 850. The minimum atomic E-state index is -0.611. The summed E-state index contributed by atoms with van der Waals surface area (Å²) in [5.41, 5.74) is 8.59. The number of hydrogen-bond donors (Lipinski definition) is 1. The van der Waals surface area contributed by atoms with Crippen molar-refractivity contribution in [2.24, 2.45) is 5.73 Å². The molecular formula is C21H24N2O4. The first kappa shape index (κ1) is 18.8. The van der Waals surface area contributed by atoms with Gasteiger partial charge in [0.1, 0.15) is 6.04 Å². The van der Waals surface area contributed by atoms with Gasteiger partial charge in [0.2, 0.25) is 11.8 Å². The number of carbonyl (C=O) groups excluding carboxylic acids is 2. The van der Waals surface area contributed by atoms with Gasteiger partial charge >= 0.3 is 0 Å². The molecule has 0 radical (unpaired) electrons. The van der Waals surface area contributed by atoms with Gasteiger partial charge in [-0.05, 0) is 29.2 Å². The van der Waals surface area contributed by atoms with Gasteiger partial charge in [-0.2, -0.15) is 0 Å². The summed E-state index contributed by atoms with van der Waals surface area (Å²) in [6.45, 7) is 0.401. The number of amides is 2. The van der Waals surface area contributed by atoms with Crippen LogP contribution in [0.2, 0.25) is 0 Å². The summed E-state index contributed by atoms with van der Waals surface area (Å²) >= 11 is 0. The molecule has 0 spiro atoms. The van der Waals surface area contributed by atoms with Crippen molar-refractivity contribution in [2.75, 3.05) is 14.2 Å². The van der Waals surface area contributed by atoms with Gasteiger partial charge < -0.3 is 20.1 Å². The van der Waals surface area contributed by atoms with E-state index < -0.39 is 11.9 Å². The van der Waals surface area contributed by atoms with Crippen LogP contribution in [0.25, 0.3) is 0 Å². The van der Waals surface area contributed by atoms with Gasteiger partial charge in [-0.3, -0.25) is 9.59 Å². The Morgan fingerprint density at radius 1 is 1.07 bits per heavy atom. The zero-order chi connectivity index (χ0) is 19.4. The molecule has 0 aromatic heterocycles. The Labute approximate surface area is 158 Å². The largest absolute Gasteiger partial charge is 0.493 e. The maximum absolute atomic E-state index is 12.9. The number of methoxy groups -OCH3 is 2. The number of nitrogens with two attached hydrogens (primary N) is 1. The summed E-state index contributed by atoms with van der Waals surface area (Å²) in [6.07, 6.45) is 1.21. The van der Waals surface area contributed by atoms with Crippen LogP contribution in [-0.4, -0.2) is 37.0 Å². The minimum Gasteiger partial charge on any atom is -0.493 e. The van der Waals surface area contributed by atoms with Crippen LogP contribution in [0.15, 0.2) is 42.5 Å². The first-order valence-electron chi connectivity index (χ1n) is 8.90. The second-order valence-corrected chi connectivity index (χ2v) is 6.57. The number of ether oxygens (including phenoxy) is 2. The van der Waals surface area contributed by atoms with Crippen molar-refractivity contribution in [1.29, 1.82) is 0 Å². The number of fused-ring (bicyclic) bond motifs is 1. The zero-order valence-electron chi connectivity index (χ0n) is 15.6. The van der Waals surface area contributed by atoms with Crippen molar-refractivity contribution in [2.45, 2.75) is 31.8 Å². The zero-order valence-corrected chi connectivity index (χ0v) is 15.6. The second-order valence-electron chi connectivity index (χ2n) is 6.57. The van der Waals surface area contributed by atoms with Gasteiger partial charge in [-0.15, -0.1) is 0 Å². The molecule has 0 aliphatic carbocycles. The van der Waals surface area contributed by atoms with Gasteiger partial charge in [0.05, 0.1) is 14.2 Å². The molecule has 1 heterocycles. The van der Waals surface area contributed by atoms with E-state index in [0.29, 0.717) is 30.9 Å². The molecule has 6 heteroatoms. The fourth-order valence-electron chi connectivity index (χ4n) is 3.58. The molecule has 0 saturated carbocycles. The minimum absolute atomic E-state index is 0.0989. The Morgan fingerprint density at radius 2 is 1.81 bits per heavy atom. The molecule has 2 amide bonds. The number of hydrogen-bond acceptors (Lipinski definition) is 4. The van der Waals surface area contributed by atoms with Gasteiger partial charge in [-0.1, -0.05) is 36.4 Å². The molecule has 1 aliphatic rings. The van der Waals surface area contributed by atoms with Crippen molar-refractivity contribution in [3.63, 3.8) is 0 Å². The third-order valence-corrected chi connectivity index (χ3v) is 4.99. The fraction of sp³-hybridized carbons (Fsp3) is 0.333. The number of carbonyl (C=O) groups is 2. The van der Waals surface area contributed by atoms with Crippen LogP contribution < -0.4 is 15.2 Å². The monoisotopic (exact) mass is 368 g/mol. The van der Waals surface area contributed by atoms with Gasteiger partial charge in [0.25, 0.3) is 0 Å². The van der Waals surface area contributed by atoms with E-state index in [0.717, 1.165) is 16.7 Å². The average Bonchev–Trinajstić information content (AvgIpc) is 2.70. The fourth-order valence-corrected chi connectivity index (χ4v) is 3.58. The van der Waals surface area contributed by atoms with Crippen LogP contribution in [0.5, 0.6) is 11.5 Å². The molecular weight excluding hydrogens is 344 g/mol. The Balaban J connectivity index is 1.76. The lowest BCUT2D eigenvalue weighted by Crippen LogP contribution is -2.51. The number of benzene rings is 2. The molecule has 2 N–H and O–H groups in total. The van der Waals surface area contributed by atoms with Crippen LogP contribution in [0.1, 0.15) is 23.1 Å². The average molecular weight is 368 g/mol. The van der Waals surface area contributed by atoms with Crippen LogP contribution in [0, 0.1) is 0 Å². The number of rotatable bonds is 6. The molecule has 3 rings (SSSR count). The first-order chi connectivity index (χ1) is 13.0. The molecule has 2 aromatic rings. The molecule has 0 unspecified atom stereocenters. The predicted octanol–water partition coefficient (Wildman–Crippen LogP) is 2.08. The third kappa shape index (κ3) is 3.89. The Hall–Kier alpha value is -3.02. The summed E-state index contributed by atoms with van der Waals surface area (Å²) in [6, 6.07) is 12.8. The number of nitrogens with zero attached hydrogens (tertiary/aromatic N) is 1. The van der Waals surface area contributed by atoms with Crippen molar-refractivity contribution in [3.8, 4) is 11.5 Å². The Kier molecular flexibility index (Phi) is 5.64. The molecule has 0 fully saturated rings. The van der Waals surface area contributed by atoms with Crippen molar-refractivity contribution >= 4 is 11.8 Å². The maximum atomic E-state index is 12.9. The summed E-state index contributed by atoms with van der Waals surface area (Å²) in [7, 11) is 3.16. The lowest BCUT2D eigenvalue weighted by Gasteiger charge is -2.35. The van der Waals surface area contributed by atoms with Crippen LogP contribution in [0.4, 0.5) is 0 Å². The quantitative estimate of drug-likeness (QED) is 0.846. The van der Waals surface area contributed by atoms with Crippen molar-refractivity contribution in [3.05, 3.63) is 59.2 Å². The molecule has 0 bridgehead atoms. The molecule has 2 aromatic carbocycles. The summed E-state index contributed by atoms with van der Waals surface area (Å²) in [5, 5.41) is 0. The standard InChI is InChI=1S/C21H24N2O4/c1-26-18-9-5-8-14(20(18)27-2)10-11-19(24)23-13-16-7-4-3-6-15(16)12-17(23)21(22)25/h3-9,17H,10-13H2,1-2H3,(H2,22,25)/t17-/m1/s1. The lowest BCUT2D eigenvalue weighted by atomic mass is 9.93. The smallest absolute Gasteiger partial charge is 0.240 e. The molecule has 0 saturated heterocycles. The van der Waals surface area contributed by atoms with Crippen LogP contribution in [-0.2, 0) is 29.0 Å². The molecule has 1 aliphatic heterocycles. The molecule has 6 nitrogen and oxygen atoms in total. The highest BCUT2D eigenvalue weighted by atomic mass is 16.5. The van der Waals surface area contributed by atoms with Gasteiger partial charge in [-0.25, -0.2) is 0 Å². The van der Waals surface area contributed by atoms with Crippen LogP contribution >= 0.6 is 0 Å². The second kappa shape index (κ2) is 8.12. The van der Waals surface area contributed by atoms with Gasteiger partial charge in [0.15, 0.2) is 11.5 Å². The highest BCUT2D eigenvalue weighted by Crippen LogP contribution is 2.32. The summed E-state index contributed by atoms with van der Waals surface area (Å²) < 4.78 is 10.7. The van der Waals surface area contributed by atoms with E-state index in [1.54, 1.807) is 19.1 Å². The highest BCUT2D eigenvalue weighted by molar-refractivity contribution is 5.87. The van der Waals surface area contributed by atoms with Gasteiger partial charge in [0, 0.05) is 19.4 Å². The topological polar surface area (TPSA) is 81.9 Å². The number of aryl methyl sites for hydroxylation is 1. The summed E-state index contributed by atoms with van der Waals surface area (Å²) in [5.74, 6) is 0.683. The molecule has 1 atom stereocenters. The van der Waals surface area contributed by atoms with E-state index in [-0.39, 0.29) is 12.3 Å². The highest BCUT2D eigenvalue weighted by Gasteiger charge is 2.33. The number of primary amides is 1. The molecule has 27 heavy (non-hydrogen) atoms. The Morgan fingerprint density at radius 3 is 2.48 bits per heavy atom. The number of para-hydroxylation sites is 1. The first-order valence-corrected chi connectivity index (χ1v) is 8.90. The van der Waals surface area contributed by atoms with Crippen molar-refractivity contribution in [1.82, 2.24) is 4.90 Å².